The first-order valence-electron chi connectivity index (χ1n) is 4.28. The van der Waals surface area contributed by atoms with Gasteiger partial charge in [0, 0.05) is 19.0 Å². The molecule has 0 atom stereocenters. The first-order chi connectivity index (χ1) is 6.38. The van der Waals surface area contributed by atoms with E-state index < -0.39 is 0 Å². The molecule has 1 aromatic heterocycles. The Labute approximate surface area is 77.0 Å². The number of nitrogens with zero attached hydrogens (tertiary/aromatic N) is 2. The molecule has 0 unspecified atom stereocenters. The molecule has 0 saturated heterocycles. The Morgan fingerprint density at radius 1 is 1.38 bits per heavy atom. The van der Waals surface area contributed by atoms with Crippen LogP contribution in [0.1, 0.15) is 12.1 Å². The van der Waals surface area contributed by atoms with Gasteiger partial charge >= 0.3 is 0 Å². The molecular weight excluding hydrogens is 162 g/mol. The van der Waals surface area contributed by atoms with Gasteiger partial charge in [0.15, 0.2) is 0 Å². The lowest BCUT2D eigenvalue weighted by atomic mass is 10.1. The molecule has 1 aromatic rings. The van der Waals surface area contributed by atoms with Crippen molar-refractivity contribution in [1.29, 1.82) is 0 Å². The second-order valence-electron chi connectivity index (χ2n) is 2.94. The van der Waals surface area contributed by atoms with Gasteiger partial charge in [-0.05, 0) is 30.2 Å². The molecule has 1 aliphatic heterocycles. The fourth-order valence-electron chi connectivity index (χ4n) is 1.37. The first-order valence-corrected chi connectivity index (χ1v) is 4.28. The normalized spacial score (nSPS) is 15.5. The van der Waals surface area contributed by atoms with E-state index in [0.29, 0.717) is 0 Å². The van der Waals surface area contributed by atoms with E-state index >= 15 is 0 Å². The van der Waals surface area contributed by atoms with Gasteiger partial charge in [0.25, 0.3) is 0 Å². The summed E-state index contributed by atoms with van der Waals surface area (Å²) in [7, 11) is 0. The third-order valence-electron chi connectivity index (χ3n) is 2.03. The SMILES string of the molecule is Nc1cccnc1C1=CC=NCC1. The van der Waals surface area contributed by atoms with Crippen LogP contribution in [0.25, 0.3) is 5.57 Å². The lowest BCUT2D eigenvalue weighted by Gasteiger charge is -2.09. The molecule has 0 bridgehead atoms. The Kier molecular flexibility index (Phi) is 2.08. The third-order valence-corrected chi connectivity index (χ3v) is 2.03. The number of dihydropyridines is 1. The average Bonchev–Trinajstić information content (AvgIpc) is 2.20. The number of pyridine rings is 1. The quantitative estimate of drug-likeness (QED) is 0.700. The number of hydrogen-bond acceptors (Lipinski definition) is 3. The summed E-state index contributed by atoms with van der Waals surface area (Å²) in [6.45, 7) is 0.835. The molecule has 0 spiro atoms. The number of nitrogen functional groups attached to an aromatic ring is 1. The van der Waals surface area contributed by atoms with Crippen LogP contribution in [0, 0.1) is 0 Å². The minimum atomic E-state index is 0.740. The lowest BCUT2D eigenvalue weighted by Crippen LogP contribution is -2.00. The number of hydrogen-bond donors (Lipinski definition) is 1. The summed E-state index contributed by atoms with van der Waals surface area (Å²) in [5.41, 5.74) is 8.61. The van der Waals surface area contributed by atoms with E-state index in [1.807, 2.05) is 24.4 Å². The van der Waals surface area contributed by atoms with Crippen LogP contribution in [0.4, 0.5) is 5.69 Å². The molecule has 0 aliphatic carbocycles. The van der Waals surface area contributed by atoms with Crippen molar-refractivity contribution >= 4 is 17.5 Å². The van der Waals surface area contributed by atoms with Crippen molar-refractivity contribution in [3.63, 3.8) is 0 Å². The molecule has 66 valence electrons. The van der Waals surface area contributed by atoms with Crippen LogP contribution in [0.15, 0.2) is 29.4 Å². The van der Waals surface area contributed by atoms with E-state index in [0.717, 1.165) is 24.3 Å². The Hall–Kier alpha value is -1.64. The maximum absolute atomic E-state index is 5.80. The van der Waals surface area contributed by atoms with Gasteiger partial charge in [0.05, 0.1) is 11.4 Å². The molecule has 0 fully saturated rings. The van der Waals surface area contributed by atoms with Crippen molar-refractivity contribution in [2.45, 2.75) is 6.42 Å². The molecule has 2 rings (SSSR count). The zero-order chi connectivity index (χ0) is 9.10. The van der Waals surface area contributed by atoms with Gasteiger partial charge in [0.1, 0.15) is 0 Å². The van der Waals surface area contributed by atoms with Crippen molar-refractivity contribution < 1.29 is 0 Å². The third kappa shape index (κ3) is 1.59. The highest BCUT2D eigenvalue weighted by atomic mass is 14.8. The zero-order valence-corrected chi connectivity index (χ0v) is 7.27. The summed E-state index contributed by atoms with van der Waals surface area (Å²) in [6.07, 6.45) is 6.48. The van der Waals surface area contributed by atoms with Crippen molar-refractivity contribution in [3.05, 3.63) is 30.1 Å². The van der Waals surface area contributed by atoms with Gasteiger partial charge in [0.2, 0.25) is 0 Å². The van der Waals surface area contributed by atoms with Gasteiger partial charge in [-0.15, -0.1) is 0 Å². The van der Waals surface area contributed by atoms with Crippen molar-refractivity contribution in [3.8, 4) is 0 Å². The first kappa shape index (κ1) is 7.98. The molecule has 3 heteroatoms. The van der Waals surface area contributed by atoms with E-state index in [1.165, 1.54) is 5.57 Å². The van der Waals surface area contributed by atoms with Crippen LogP contribution >= 0.6 is 0 Å². The Morgan fingerprint density at radius 3 is 3.00 bits per heavy atom. The number of nitrogens with two attached hydrogens (primary N) is 1. The molecule has 13 heavy (non-hydrogen) atoms. The predicted octanol–water partition coefficient (Wildman–Crippen LogP) is 1.52. The number of rotatable bonds is 1. The number of allylic oxidation sites excluding steroid dienone is 1. The second-order valence-corrected chi connectivity index (χ2v) is 2.94. The van der Waals surface area contributed by atoms with E-state index in [9.17, 15) is 0 Å². The highest BCUT2D eigenvalue weighted by Gasteiger charge is 2.07. The lowest BCUT2D eigenvalue weighted by molar-refractivity contribution is 1.01. The van der Waals surface area contributed by atoms with E-state index in [-0.39, 0.29) is 0 Å². The van der Waals surface area contributed by atoms with Gasteiger partial charge in [-0.3, -0.25) is 9.98 Å². The van der Waals surface area contributed by atoms with Crippen LogP contribution in [-0.4, -0.2) is 17.7 Å². The average molecular weight is 173 g/mol. The standard InChI is InChI=1S/C10H11N3/c11-9-2-1-5-13-10(9)8-3-6-12-7-4-8/h1-3,5-6H,4,7,11H2. The molecule has 0 amide bonds. The topological polar surface area (TPSA) is 51.3 Å². The van der Waals surface area contributed by atoms with Crippen LogP contribution in [0.3, 0.4) is 0 Å². The Bertz CT molecular complexity index is 366. The van der Waals surface area contributed by atoms with Crippen molar-refractivity contribution in [2.24, 2.45) is 4.99 Å². The van der Waals surface area contributed by atoms with Gasteiger partial charge in [-0.2, -0.15) is 0 Å². The highest BCUT2D eigenvalue weighted by molar-refractivity contribution is 5.87. The van der Waals surface area contributed by atoms with Crippen LogP contribution in [0.2, 0.25) is 0 Å². The zero-order valence-electron chi connectivity index (χ0n) is 7.27. The van der Waals surface area contributed by atoms with Gasteiger partial charge < -0.3 is 5.73 Å². The number of aromatic nitrogens is 1. The fraction of sp³-hybridized carbons (Fsp3) is 0.200. The number of anilines is 1. The minimum absolute atomic E-state index is 0.740. The van der Waals surface area contributed by atoms with Crippen molar-refractivity contribution in [1.82, 2.24) is 4.98 Å². The number of aliphatic imine (C=N–C) groups is 1. The highest BCUT2D eigenvalue weighted by Crippen LogP contribution is 2.22. The van der Waals surface area contributed by atoms with Crippen LogP contribution in [0.5, 0.6) is 0 Å². The van der Waals surface area contributed by atoms with E-state index in [4.69, 9.17) is 5.73 Å². The smallest absolute Gasteiger partial charge is 0.0892 e. The molecule has 2 N–H and O–H groups in total. The Balaban J connectivity index is 2.40. The maximum atomic E-state index is 5.80. The maximum Gasteiger partial charge on any atom is 0.0892 e. The van der Waals surface area contributed by atoms with Gasteiger partial charge in [-0.25, -0.2) is 0 Å². The summed E-state index contributed by atoms with van der Waals surface area (Å²) in [4.78, 5) is 8.36. The largest absolute Gasteiger partial charge is 0.397 e. The summed E-state index contributed by atoms with van der Waals surface area (Å²) >= 11 is 0. The summed E-state index contributed by atoms with van der Waals surface area (Å²) < 4.78 is 0. The summed E-state index contributed by atoms with van der Waals surface area (Å²) in [5, 5.41) is 0. The molecule has 2 heterocycles. The molecular formula is C10H11N3. The fourth-order valence-corrected chi connectivity index (χ4v) is 1.37. The van der Waals surface area contributed by atoms with Gasteiger partial charge in [-0.1, -0.05) is 0 Å². The Morgan fingerprint density at radius 2 is 2.31 bits per heavy atom. The summed E-state index contributed by atoms with van der Waals surface area (Å²) in [5.74, 6) is 0. The van der Waals surface area contributed by atoms with Crippen molar-refractivity contribution in [2.75, 3.05) is 12.3 Å². The minimum Gasteiger partial charge on any atom is -0.397 e. The molecule has 0 saturated carbocycles. The van der Waals surface area contributed by atoms with E-state index in [1.54, 1.807) is 6.20 Å². The molecule has 3 nitrogen and oxygen atoms in total. The monoisotopic (exact) mass is 173 g/mol. The predicted molar refractivity (Wildman–Crippen MR) is 54.6 cm³/mol. The molecule has 0 aromatic carbocycles. The van der Waals surface area contributed by atoms with Crippen LogP contribution < -0.4 is 5.73 Å². The molecule has 1 aliphatic rings. The molecule has 0 radical (unpaired) electrons. The van der Waals surface area contributed by atoms with Crippen LogP contribution in [-0.2, 0) is 0 Å². The second kappa shape index (κ2) is 3.39. The summed E-state index contributed by atoms with van der Waals surface area (Å²) in [6, 6.07) is 3.71. The van der Waals surface area contributed by atoms with E-state index in [2.05, 4.69) is 9.98 Å².